The molecule has 1 aliphatic heterocycles. The maximum atomic E-state index is 11.0. The van der Waals surface area contributed by atoms with Crippen LogP contribution in [0.15, 0.2) is 30.3 Å². The van der Waals surface area contributed by atoms with Crippen molar-refractivity contribution in [3.8, 4) is 0 Å². The molecule has 19 heavy (non-hydrogen) atoms. The summed E-state index contributed by atoms with van der Waals surface area (Å²) in [5.74, 6) is -0.781. The van der Waals surface area contributed by atoms with Crippen LogP contribution in [0.4, 0.5) is 0 Å². The second-order valence-electron chi connectivity index (χ2n) is 4.98. The molecule has 0 radical (unpaired) electrons. The zero-order valence-corrected chi connectivity index (χ0v) is 12.1. The lowest BCUT2D eigenvalue weighted by Crippen LogP contribution is -2.38. The first-order valence-electron chi connectivity index (χ1n) is 6.74. The van der Waals surface area contributed by atoms with Crippen molar-refractivity contribution in [3.05, 3.63) is 35.9 Å². The van der Waals surface area contributed by atoms with Crippen molar-refractivity contribution in [3.63, 3.8) is 0 Å². The summed E-state index contributed by atoms with van der Waals surface area (Å²) in [6.07, 6.45) is 2.62. The Kier molecular flexibility index (Phi) is 6.32. The SMILES string of the molecule is CCC(c1ccccc1)N1CCC(C(=O)O)CC1.Cl. The Hall–Kier alpha value is -1.06. The van der Waals surface area contributed by atoms with Gasteiger partial charge in [0.05, 0.1) is 5.92 Å². The number of piperidine rings is 1. The van der Waals surface area contributed by atoms with Gasteiger partial charge in [0.2, 0.25) is 0 Å². The van der Waals surface area contributed by atoms with Crippen LogP contribution in [0, 0.1) is 5.92 Å². The third-order valence-corrected chi connectivity index (χ3v) is 3.89. The van der Waals surface area contributed by atoms with E-state index in [-0.39, 0.29) is 18.3 Å². The lowest BCUT2D eigenvalue weighted by atomic mass is 9.93. The van der Waals surface area contributed by atoms with E-state index < -0.39 is 5.97 Å². The molecule has 1 atom stereocenters. The van der Waals surface area contributed by atoms with E-state index in [0.717, 1.165) is 32.4 Å². The van der Waals surface area contributed by atoms with Gasteiger partial charge >= 0.3 is 5.97 Å². The van der Waals surface area contributed by atoms with Gasteiger partial charge in [0.15, 0.2) is 0 Å². The molecule has 0 spiro atoms. The number of aliphatic carboxylic acids is 1. The predicted octanol–water partition coefficient (Wildman–Crippen LogP) is 3.36. The van der Waals surface area contributed by atoms with E-state index in [0.29, 0.717) is 6.04 Å². The number of benzene rings is 1. The monoisotopic (exact) mass is 283 g/mol. The van der Waals surface area contributed by atoms with Crippen molar-refractivity contribution >= 4 is 18.4 Å². The number of carbonyl (C=O) groups is 1. The molecule has 1 aliphatic rings. The lowest BCUT2D eigenvalue weighted by molar-refractivity contribution is -0.143. The molecule has 4 heteroatoms. The maximum absolute atomic E-state index is 11.0. The van der Waals surface area contributed by atoms with E-state index >= 15 is 0 Å². The molecule has 0 saturated carbocycles. The Bertz CT molecular complexity index is 388. The zero-order chi connectivity index (χ0) is 13.0. The van der Waals surface area contributed by atoms with Crippen LogP contribution in [0.2, 0.25) is 0 Å². The summed E-state index contributed by atoms with van der Waals surface area (Å²) in [7, 11) is 0. The molecule has 1 fully saturated rings. The number of nitrogens with zero attached hydrogens (tertiary/aromatic N) is 1. The quantitative estimate of drug-likeness (QED) is 0.921. The van der Waals surface area contributed by atoms with Crippen LogP contribution >= 0.6 is 12.4 Å². The minimum Gasteiger partial charge on any atom is -0.481 e. The van der Waals surface area contributed by atoms with Crippen molar-refractivity contribution in [1.29, 1.82) is 0 Å². The predicted molar refractivity (Wildman–Crippen MR) is 78.7 cm³/mol. The van der Waals surface area contributed by atoms with Crippen LogP contribution < -0.4 is 0 Å². The molecule has 1 N–H and O–H groups in total. The molecule has 1 heterocycles. The lowest BCUT2D eigenvalue weighted by Gasteiger charge is -2.36. The molecular formula is C15H22ClNO2. The van der Waals surface area contributed by atoms with Gasteiger partial charge in [-0.3, -0.25) is 9.69 Å². The van der Waals surface area contributed by atoms with Crippen molar-refractivity contribution in [2.45, 2.75) is 32.2 Å². The van der Waals surface area contributed by atoms with Crippen LogP contribution in [0.25, 0.3) is 0 Å². The Morgan fingerprint density at radius 2 is 1.89 bits per heavy atom. The molecule has 0 bridgehead atoms. The number of carboxylic acids is 1. The van der Waals surface area contributed by atoms with Crippen LogP contribution in [0.1, 0.15) is 37.8 Å². The highest BCUT2D eigenvalue weighted by Crippen LogP contribution is 2.29. The fourth-order valence-electron chi connectivity index (χ4n) is 2.84. The van der Waals surface area contributed by atoms with Gasteiger partial charge in [-0.2, -0.15) is 0 Å². The first-order chi connectivity index (χ1) is 8.72. The summed E-state index contributed by atoms with van der Waals surface area (Å²) in [6.45, 7) is 3.98. The van der Waals surface area contributed by atoms with E-state index in [2.05, 4.69) is 36.1 Å². The Morgan fingerprint density at radius 3 is 2.37 bits per heavy atom. The number of carboxylic acid groups (broad SMARTS) is 1. The molecule has 3 nitrogen and oxygen atoms in total. The van der Waals surface area contributed by atoms with Crippen molar-refractivity contribution in [1.82, 2.24) is 4.90 Å². The summed E-state index contributed by atoms with van der Waals surface area (Å²) in [5, 5.41) is 9.02. The highest BCUT2D eigenvalue weighted by Gasteiger charge is 2.28. The van der Waals surface area contributed by atoms with Crippen molar-refractivity contribution in [2.75, 3.05) is 13.1 Å². The van der Waals surface area contributed by atoms with E-state index in [4.69, 9.17) is 5.11 Å². The molecular weight excluding hydrogens is 262 g/mol. The molecule has 1 unspecified atom stereocenters. The molecule has 0 aliphatic carbocycles. The van der Waals surface area contributed by atoms with E-state index in [9.17, 15) is 4.79 Å². The first-order valence-corrected chi connectivity index (χ1v) is 6.74. The average molecular weight is 284 g/mol. The van der Waals surface area contributed by atoms with E-state index in [1.54, 1.807) is 0 Å². The third kappa shape index (κ3) is 3.95. The maximum Gasteiger partial charge on any atom is 0.306 e. The summed E-state index contributed by atoms with van der Waals surface area (Å²) in [5.41, 5.74) is 1.34. The number of rotatable bonds is 4. The second kappa shape index (κ2) is 7.51. The Balaban J connectivity index is 0.00000180. The fraction of sp³-hybridized carbons (Fsp3) is 0.533. The van der Waals surface area contributed by atoms with Crippen molar-refractivity contribution in [2.24, 2.45) is 5.92 Å². The fourth-order valence-corrected chi connectivity index (χ4v) is 2.84. The number of hydrogen-bond donors (Lipinski definition) is 1. The summed E-state index contributed by atoms with van der Waals surface area (Å²) >= 11 is 0. The highest BCUT2D eigenvalue weighted by atomic mass is 35.5. The Morgan fingerprint density at radius 1 is 1.32 bits per heavy atom. The zero-order valence-electron chi connectivity index (χ0n) is 11.3. The van der Waals surface area contributed by atoms with Gasteiger partial charge in [-0.15, -0.1) is 12.4 Å². The van der Waals surface area contributed by atoms with Gasteiger partial charge in [0, 0.05) is 6.04 Å². The second-order valence-corrected chi connectivity index (χ2v) is 4.98. The molecule has 1 aromatic rings. The van der Waals surface area contributed by atoms with Gasteiger partial charge in [-0.05, 0) is 37.9 Å². The molecule has 2 rings (SSSR count). The van der Waals surface area contributed by atoms with Crippen LogP contribution in [0.3, 0.4) is 0 Å². The standard InChI is InChI=1S/C15H21NO2.ClH/c1-2-14(12-6-4-3-5-7-12)16-10-8-13(9-11-16)15(17)18;/h3-7,13-14H,2,8-11H2,1H3,(H,17,18);1H. The topological polar surface area (TPSA) is 40.5 Å². The highest BCUT2D eigenvalue weighted by molar-refractivity contribution is 5.85. The van der Waals surface area contributed by atoms with E-state index in [1.807, 2.05) is 6.07 Å². The third-order valence-electron chi connectivity index (χ3n) is 3.89. The summed E-state index contributed by atoms with van der Waals surface area (Å²) < 4.78 is 0. The minimum absolute atomic E-state index is 0. The van der Waals surface area contributed by atoms with Crippen LogP contribution in [-0.2, 0) is 4.79 Å². The number of likely N-dealkylation sites (tertiary alicyclic amines) is 1. The van der Waals surface area contributed by atoms with Gasteiger partial charge in [0.25, 0.3) is 0 Å². The van der Waals surface area contributed by atoms with E-state index in [1.165, 1.54) is 5.56 Å². The molecule has 1 aromatic carbocycles. The normalized spacial score (nSPS) is 18.6. The smallest absolute Gasteiger partial charge is 0.306 e. The Labute approximate surface area is 121 Å². The molecule has 106 valence electrons. The average Bonchev–Trinajstić information content (AvgIpc) is 2.41. The minimum atomic E-state index is -0.637. The van der Waals surface area contributed by atoms with Gasteiger partial charge in [0.1, 0.15) is 0 Å². The van der Waals surface area contributed by atoms with Gasteiger partial charge < -0.3 is 5.11 Å². The summed E-state index contributed by atoms with van der Waals surface area (Å²) in [6, 6.07) is 10.9. The number of hydrogen-bond acceptors (Lipinski definition) is 2. The van der Waals surface area contributed by atoms with Gasteiger partial charge in [-0.1, -0.05) is 37.3 Å². The van der Waals surface area contributed by atoms with Crippen molar-refractivity contribution < 1.29 is 9.90 Å². The van der Waals surface area contributed by atoms with Crippen LogP contribution in [0.5, 0.6) is 0 Å². The summed E-state index contributed by atoms with van der Waals surface area (Å²) in [4.78, 5) is 13.4. The largest absolute Gasteiger partial charge is 0.481 e. The van der Waals surface area contributed by atoms with Crippen LogP contribution in [-0.4, -0.2) is 29.1 Å². The molecule has 1 saturated heterocycles. The first kappa shape index (κ1) is 16.0. The molecule has 0 aromatic heterocycles. The number of halogens is 1. The molecule has 0 amide bonds. The van der Waals surface area contributed by atoms with Gasteiger partial charge in [-0.25, -0.2) is 0 Å².